The molecule has 128 valence electrons. The highest BCUT2D eigenvalue weighted by Crippen LogP contribution is 2.31. The van der Waals surface area contributed by atoms with E-state index in [1.54, 1.807) is 12.1 Å². The molecule has 0 radical (unpaired) electrons. The van der Waals surface area contributed by atoms with Crippen LogP contribution in [-0.2, 0) is 6.61 Å². The van der Waals surface area contributed by atoms with E-state index in [-0.39, 0.29) is 0 Å². The van der Waals surface area contributed by atoms with Gasteiger partial charge in [-0.15, -0.1) is 11.3 Å². The molecule has 0 unspecified atom stereocenters. The molecule has 4 aromatic rings. The smallest absolute Gasteiger partial charge is 0.489 e. The average molecular weight is 361 g/mol. The topological polar surface area (TPSA) is 62.6 Å². The molecule has 4 nitrogen and oxygen atoms in total. The Morgan fingerprint density at radius 1 is 0.923 bits per heavy atom. The minimum atomic E-state index is -1.57. The van der Waals surface area contributed by atoms with Crippen molar-refractivity contribution in [2.45, 2.75) is 6.61 Å². The highest BCUT2D eigenvalue weighted by molar-refractivity contribution is 7.21. The Labute approximate surface area is 155 Å². The van der Waals surface area contributed by atoms with Crippen molar-refractivity contribution < 1.29 is 14.8 Å². The molecule has 0 fully saturated rings. The van der Waals surface area contributed by atoms with Crippen LogP contribution < -0.4 is 10.2 Å². The molecule has 0 atom stereocenters. The highest BCUT2D eigenvalue weighted by atomic mass is 32.1. The summed E-state index contributed by atoms with van der Waals surface area (Å²) in [6.45, 7) is 0.446. The third-order valence-electron chi connectivity index (χ3n) is 4.08. The van der Waals surface area contributed by atoms with E-state index < -0.39 is 7.12 Å². The van der Waals surface area contributed by atoms with Crippen molar-refractivity contribution in [1.82, 2.24) is 4.98 Å². The number of hydrogen-bond acceptors (Lipinski definition) is 5. The van der Waals surface area contributed by atoms with Gasteiger partial charge in [0.25, 0.3) is 0 Å². The second kappa shape index (κ2) is 7.29. The van der Waals surface area contributed by atoms with Crippen LogP contribution in [0.4, 0.5) is 0 Å². The fraction of sp³-hybridized carbons (Fsp3) is 0.0500. The molecule has 0 saturated heterocycles. The summed E-state index contributed by atoms with van der Waals surface area (Å²) in [6, 6.07) is 23.0. The molecule has 0 amide bonds. The standard InChI is InChI=1S/C20H16BNO3S/c23-21(24)17-11-10-15(25-13-14-6-2-1-3-7-14)12-16(17)20-22-18-8-4-5-9-19(18)26-20/h1-12,23-24H,13H2. The van der Waals surface area contributed by atoms with E-state index in [2.05, 4.69) is 4.98 Å². The van der Waals surface area contributed by atoms with Crippen LogP contribution in [0.15, 0.2) is 72.8 Å². The Morgan fingerprint density at radius 2 is 1.69 bits per heavy atom. The molecule has 6 heteroatoms. The van der Waals surface area contributed by atoms with Gasteiger partial charge < -0.3 is 14.8 Å². The van der Waals surface area contributed by atoms with Crippen LogP contribution in [0.5, 0.6) is 5.75 Å². The summed E-state index contributed by atoms with van der Waals surface area (Å²) >= 11 is 1.52. The van der Waals surface area contributed by atoms with Gasteiger partial charge in [-0.25, -0.2) is 4.98 Å². The van der Waals surface area contributed by atoms with Crippen LogP contribution in [0.3, 0.4) is 0 Å². The first-order valence-electron chi connectivity index (χ1n) is 8.23. The lowest BCUT2D eigenvalue weighted by atomic mass is 9.77. The van der Waals surface area contributed by atoms with Gasteiger partial charge in [0.1, 0.15) is 17.4 Å². The minimum absolute atomic E-state index is 0.413. The Balaban J connectivity index is 1.69. The average Bonchev–Trinajstić information content (AvgIpc) is 3.11. The van der Waals surface area contributed by atoms with E-state index in [0.717, 1.165) is 20.8 Å². The molecule has 0 bridgehead atoms. The van der Waals surface area contributed by atoms with Crippen molar-refractivity contribution in [2.24, 2.45) is 0 Å². The second-order valence-electron chi connectivity index (χ2n) is 5.88. The van der Waals surface area contributed by atoms with Crippen LogP contribution in [-0.4, -0.2) is 22.2 Å². The van der Waals surface area contributed by atoms with E-state index in [1.165, 1.54) is 11.3 Å². The monoisotopic (exact) mass is 361 g/mol. The van der Waals surface area contributed by atoms with Gasteiger partial charge in [-0.3, -0.25) is 0 Å². The lowest BCUT2D eigenvalue weighted by Gasteiger charge is -2.11. The summed E-state index contributed by atoms with van der Waals surface area (Å²) in [5.74, 6) is 0.660. The molecule has 0 aliphatic carbocycles. The van der Waals surface area contributed by atoms with Crippen LogP contribution in [0.1, 0.15) is 5.56 Å². The lowest BCUT2D eigenvalue weighted by molar-refractivity contribution is 0.306. The normalized spacial score (nSPS) is 10.8. The van der Waals surface area contributed by atoms with E-state index >= 15 is 0 Å². The fourth-order valence-electron chi connectivity index (χ4n) is 2.76. The first kappa shape index (κ1) is 16.8. The molecule has 0 spiro atoms. The summed E-state index contributed by atoms with van der Waals surface area (Å²) in [6.07, 6.45) is 0. The summed E-state index contributed by atoms with van der Waals surface area (Å²) in [5.41, 5.74) is 3.05. The van der Waals surface area contributed by atoms with Crippen LogP contribution in [0.25, 0.3) is 20.8 Å². The van der Waals surface area contributed by atoms with Gasteiger partial charge in [-0.2, -0.15) is 0 Å². The molecule has 0 aliphatic heterocycles. The summed E-state index contributed by atoms with van der Waals surface area (Å²) < 4.78 is 6.93. The third kappa shape index (κ3) is 3.48. The van der Waals surface area contributed by atoms with Crippen LogP contribution >= 0.6 is 11.3 Å². The largest absolute Gasteiger partial charge is 0.489 e. The molecule has 4 rings (SSSR count). The predicted octanol–water partition coefficient (Wildman–Crippen LogP) is 3.22. The molecule has 26 heavy (non-hydrogen) atoms. The Hall–Kier alpha value is -2.67. The Morgan fingerprint density at radius 3 is 2.46 bits per heavy atom. The number of nitrogens with zero attached hydrogens (tertiary/aromatic N) is 1. The van der Waals surface area contributed by atoms with Crippen molar-refractivity contribution in [3.63, 3.8) is 0 Å². The molecule has 0 saturated carbocycles. The number of benzene rings is 3. The van der Waals surface area contributed by atoms with E-state index in [4.69, 9.17) is 4.74 Å². The molecule has 0 aliphatic rings. The number of aromatic nitrogens is 1. The van der Waals surface area contributed by atoms with E-state index in [1.807, 2.05) is 60.7 Å². The Kier molecular flexibility index (Phi) is 4.71. The minimum Gasteiger partial charge on any atom is -0.489 e. The zero-order chi connectivity index (χ0) is 17.9. The Bertz CT molecular complexity index is 1000. The molecule has 2 N–H and O–H groups in total. The van der Waals surface area contributed by atoms with Gasteiger partial charge in [0, 0.05) is 5.56 Å². The van der Waals surface area contributed by atoms with E-state index in [9.17, 15) is 10.0 Å². The van der Waals surface area contributed by atoms with Crippen molar-refractivity contribution >= 4 is 34.1 Å². The van der Waals surface area contributed by atoms with Gasteiger partial charge in [0.2, 0.25) is 0 Å². The first-order valence-corrected chi connectivity index (χ1v) is 9.05. The first-order chi connectivity index (χ1) is 12.7. The van der Waals surface area contributed by atoms with Crippen molar-refractivity contribution in [3.05, 3.63) is 78.4 Å². The van der Waals surface area contributed by atoms with Crippen molar-refractivity contribution in [2.75, 3.05) is 0 Å². The van der Waals surface area contributed by atoms with Crippen molar-refractivity contribution in [1.29, 1.82) is 0 Å². The number of fused-ring (bicyclic) bond motifs is 1. The van der Waals surface area contributed by atoms with Gasteiger partial charge in [-0.05, 0) is 35.3 Å². The lowest BCUT2D eigenvalue weighted by Crippen LogP contribution is -2.31. The van der Waals surface area contributed by atoms with Crippen LogP contribution in [0.2, 0.25) is 0 Å². The fourth-order valence-corrected chi connectivity index (χ4v) is 3.77. The van der Waals surface area contributed by atoms with Gasteiger partial charge >= 0.3 is 7.12 Å². The van der Waals surface area contributed by atoms with Crippen molar-refractivity contribution in [3.8, 4) is 16.3 Å². The maximum absolute atomic E-state index is 9.73. The molecule has 1 heterocycles. The number of ether oxygens (including phenoxy) is 1. The zero-order valence-corrected chi connectivity index (χ0v) is 14.7. The zero-order valence-electron chi connectivity index (χ0n) is 13.9. The second-order valence-corrected chi connectivity index (χ2v) is 6.91. The summed E-state index contributed by atoms with van der Waals surface area (Å²) in [7, 11) is -1.57. The highest BCUT2D eigenvalue weighted by Gasteiger charge is 2.20. The van der Waals surface area contributed by atoms with Gasteiger partial charge in [-0.1, -0.05) is 48.5 Å². The van der Waals surface area contributed by atoms with E-state index in [0.29, 0.717) is 23.4 Å². The maximum atomic E-state index is 9.73. The number of thiazole rings is 1. The summed E-state index contributed by atoms with van der Waals surface area (Å²) in [5, 5.41) is 20.2. The molecular formula is C20H16BNO3S. The quantitative estimate of drug-likeness (QED) is 0.536. The molecule has 3 aromatic carbocycles. The van der Waals surface area contributed by atoms with Gasteiger partial charge in [0.15, 0.2) is 0 Å². The number of hydrogen-bond donors (Lipinski definition) is 2. The summed E-state index contributed by atoms with van der Waals surface area (Å²) in [4.78, 5) is 4.63. The SMILES string of the molecule is OB(O)c1ccc(OCc2ccccc2)cc1-c1nc2ccccc2s1. The third-order valence-corrected chi connectivity index (χ3v) is 5.15. The molecule has 1 aromatic heterocycles. The van der Waals surface area contributed by atoms with Gasteiger partial charge in [0.05, 0.1) is 10.2 Å². The maximum Gasteiger partial charge on any atom is 0.489 e. The molecular weight excluding hydrogens is 345 g/mol. The number of rotatable bonds is 5. The van der Waals surface area contributed by atoms with Crippen LogP contribution in [0, 0.1) is 0 Å². The number of para-hydroxylation sites is 1. The predicted molar refractivity (Wildman–Crippen MR) is 106 cm³/mol.